The number of carboxylic acids is 1. The summed E-state index contributed by atoms with van der Waals surface area (Å²) in [6.45, 7) is 2.88. The number of carbonyl (C=O) groups excluding carboxylic acids is 1. The Morgan fingerprint density at radius 2 is 1.76 bits per heavy atom. The Balaban J connectivity index is 3.30. The minimum Gasteiger partial charge on any atom is -0.479 e. The third kappa shape index (κ3) is 2.59. The predicted molar refractivity (Wildman–Crippen MR) is 72.6 cm³/mol. The van der Waals surface area contributed by atoms with Gasteiger partial charge in [0.15, 0.2) is 5.54 Å². The average Bonchev–Trinajstić information content (AvgIpc) is 2.27. The van der Waals surface area contributed by atoms with Gasteiger partial charge in [-0.3, -0.25) is 4.79 Å². The summed E-state index contributed by atoms with van der Waals surface area (Å²) < 4.78 is 1.02. The summed E-state index contributed by atoms with van der Waals surface area (Å²) in [7, 11) is 1.49. The Morgan fingerprint density at radius 3 is 2.12 bits per heavy atom. The fourth-order valence-corrected chi connectivity index (χ4v) is 1.91. The van der Waals surface area contributed by atoms with Crippen LogP contribution in [0.1, 0.15) is 19.4 Å². The van der Waals surface area contributed by atoms with Gasteiger partial charge in [0.05, 0.1) is 0 Å². The van der Waals surface area contributed by atoms with E-state index >= 15 is 0 Å². The van der Waals surface area contributed by atoms with Crippen LogP contribution in [0.4, 0.5) is 0 Å². The van der Waals surface area contributed by atoms with Crippen LogP contribution < -0.4 is 0 Å². The van der Waals surface area contributed by atoms with Crippen LogP contribution in [-0.2, 0) is 15.1 Å². The average molecular weight is 347 g/mol. The van der Waals surface area contributed by atoms with Crippen LogP contribution in [0.25, 0.3) is 0 Å². The molecule has 0 spiro atoms. The summed E-state index contributed by atoms with van der Waals surface area (Å²) in [5, 5.41) is 9.38. The van der Waals surface area contributed by atoms with Crippen molar-refractivity contribution in [3.8, 4) is 0 Å². The molecule has 0 fully saturated rings. The number of nitrogens with zero attached hydrogens (tertiary/aromatic N) is 1. The number of halogens is 1. The van der Waals surface area contributed by atoms with Gasteiger partial charge >= 0.3 is 5.97 Å². The van der Waals surface area contributed by atoms with Crippen molar-refractivity contribution < 1.29 is 14.7 Å². The van der Waals surface area contributed by atoms with Gasteiger partial charge in [0.1, 0.15) is 0 Å². The minimum atomic E-state index is -1.34. The molecule has 1 unspecified atom stereocenters. The highest BCUT2D eigenvalue weighted by Gasteiger charge is 2.40. The molecule has 0 saturated carbocycles. The number of carboxylic acid groups (broad SMARTS) is 1. The molecular formula is C12H14INO3. The van der Waals surface area contributed by atoms with Gasteiger partial charge in [-0.15, -0.1) is 0 Å². The molecule has 17 heavy (non-hydrogen) atoms. The summed E-state index contributed by atoms with van der Waals surface area (Å²) in [5.41, 5.74) is -0.751. The first-order valence-corrected chi connectivity index (χ1v) is 6.12. The lowest BCUT2D eigenvalue weighted by molar-refractivity contribution is -0.156. The number of benzene rings is 1. The van der Waals surface area contributed by atoms with Crippen molar-refractivity contribution in [3.63, 3.8) is 0 Å². The molecule has 1 N–H and O–H groups in total. The van der Waals surface area contributed by atoms with E-state index in [1.54, 1.807) is 12.1 Å². The molecule has 92 valence electrons. The normalized spacial score (nSPS) is 13.9. The number of hydrogen-bond acceptors (Lipinski definition) is 2. The highest BCUT2D eigenvalue weighted by molar-refractivity contribution is 14.1. The minimum absolute atomic E-state index is 0.284. The van der Waals surface area contributed by atoms with Crippen LogP contribution in [0.2, 0.25) is 0 Å². The van der Waals surface area contributed by atoms with E-state index in [4.69, 9.17) is 0 Å². The Morgan fingerprint density at radius 1 is 1.29 bits per heavy atom. The molecule has 5 heteroatoms. The van der Waals surface area contributed by atoms with Crippen molar-refractivity contribution in [2.24, 2.45) is 0 Å². The molecule has 0 aliphatic heterocycles. The first-order chi connectivity index (χ1) is 7.80. The molecule has 0 aromatic heterocycles. The van der Waals surface area contributed by atoms with E-state index in [2.05, 4.69) is 22.6 Å². The fraction of sp³-hybridized carbons (Fsp3) is 0.333. The molecule has 1 amide bonds. The smallest absolute Gasteiger partial charge is 0.334 e. The molecule has 0 heterocycles. The van der Waals surface area contributed by atoms with E-state index in [0.717, 1.165) is 3.57 Å². The number of carbonyl (C=O) groups is 2. The quantitative estimate of drug-likeness (QED) is 0.852. The Kier molecular flexibility index (Phi) is 4.13. The van der Waals surface area contributed by atoms with Crippen LogP contribution in [-0.4, -0.2) is 28.9 Å². The maximum Gasteiger partial charge on any atom is 0.334 e. The fourth-order valence-electron chi connectivity index (χ4n) is 1.55. The zero-order chi connectivity index (χ0) is 13.2. The van der Waals surface area contributed by atoms with Crippen LogP contribution in [0.5, 0.6) is 0 Å². The zero-order valence-electron chi connectivity index (χ0n) is 9.90. The van der Waals surface area contributed by atoms with Gasteiger partial charge in [-0.1, -0.05) is 12.1 Å². The molecule has 0 aliphatic carbocycles. The SMILES string of the molecule is CC(=O)N(C)C(C)(C(=O)O)c1ccc(I)cc1. The van der Waals surface area contributed by atoms with E-state index in [1.807, 2.05) is 12.1 Å². The number of amides is 1. The number of likely N-dealkylation sites (N-methyl/N-ethyl adjacent to an activating group) is 1. The lowest BCUT2D eigenvalue weighted by atomic mass is 9.90. The van der Waals surface area contributed by atoms with Gasteiger partial charge in [0.25, 0.3) is 0 Å². The molecule has 4 nitrogen and oxygen atoms in total. The summed E-state index contributed by atoms with van der Waals surface area (Å²) in [6.07, 6.45) is 0. The molecule has 1 aromatic rings. The Bertz CT molecular complexity index is 444. The lowest BCUT2D eigenvalue weighted by Crippen LogP contribution is -2.49. The third-order valence-corrected chi connectivity index (χ3v) is 3.69. The van der Waals surface area contributed by atoms with E-state index in [-0.39, 0.29) is 5.91 Å². The van der Waals surface area contributed by atoms with Crippen LogP contribution in [0, 0.1) is 3.57 Å². The summed E-state index contributed by atoms with van der Waals surface area (Å²) in [6, 6.07) is 7.11. The van der Waals surface area contributed by atoms with Gasteiger partial charge in [-0.2, -0.15) is 0 Å². The van der Waals surface area contributed by atoms with Crippen molar-refractivity contribution in [3.05, 3.63) is 33.4 Å². The Hall–Kier alpha value is -1.11. The second kappa shape index (κ2) is 5.03. The van der Waals surface area contributed by atoms with E-state index < -0.39 is 11.5 Å². The third-order valence-electron chi connectivity index (χ3n) is 2.97. The molecular weight excluding hydrogens is 333 g/mol. The lowest BCUT2D eigenvalue weighted by Gasteiger charge is -2.34. The van der Waals surface area contributed by atoms with Crippen molar-refractivity contribution in [2.45, 2.75) is 19.4 Å². The zero-order valence-corrected chi connectivity index (χ0v) is 12.1. The number of aliphatic carboxylic acids is 1. The first-order valence-electron chi connectivity index (χ1n) is 5.04. The first kappa shape index (κ1) is 14.0. The topological polar surface area (TPSA) is 57.6 Å². The number of rotatable bonds is 3. The summed E-state index contributed by atoms with van der Waals surface area (Å²) in [4.78, 5) is 24.1. The van der Waals surface area contributed by atoms with Crippen LogP contribution >= 0.6 is 22.6 Å². The summed E-state index contributed by atoms with van der Waals surface area (Å²) >= 11 is 2.14. The largest absolute Gasteiger partial charge is 0.479 e. The molecule has 0 bridgehead atoms. The summed E-state index contributed by atoms with van der Waals surface area (Å²) in [5.74, 6) is -1.33. The standard InChI is InChI=1S/C12H14INO3/c1-8(15)14(3)12(2,11(16)17)9-4-6-10(13)7-5-9/h4-7H,1-3H3,(H,16,17). The number of hydrogen-bond donors (Lipinski definition) is 1. The second-order valence-electron chi connectivity index (χ2n) is 3.96. The molecule has 0 radical (unpaired) electrons. The van der Waals surface area contributed by atoms with E-state index in [9.17, 15) is 14.7 Å². The molecule has 1 aromatic carbocycles. The maximum atomic E-state index is 11.5. The van der Waals surface area contributed by atoms with Gasteiger partial charge in [-0.05, 0) is 47.2 Å². The highest BCUT2D eigenvalue weighted by Crippen LogP contribution is 2.28. The highest BCUT2D eigenvalue weighted by atomic mass is 127. The monoisotopic (exact) mass is 347 g/mol. The molecule has 0 saturated heterocycles. The van der Waals surface area contributed by atoms with Crippen LogP contribution in [0.15, 0.2) is 24.3 Å². The van der Waals surface area contributed by atoms with Crippen molar-refractivity contribution in [1.82, 2.24) is 4.90 Å². The van der Waals surface area contributed by atoms with Crippen molar-refractivity contribution in [1.29, 1.82) is 0 Å². The molecule has 1 rings (SSSR count). The van der Waals surface area contributed by atoms with Gasteiger partial charge in [0.2, 0.25) is 5.91 Å². The van der Waals surface area contributed by atoms with Crippen molar-refractivity contribution >= 4 is 34.5 Å². The predicted octanol–water partition coefficient (Wildman–Crippen LogP) is 2.07. The van der Waals surface area contributed by atoms with Gasteiger partial charge in [-0.25, -0.2) is 4.79 Å². The molecule has 0 aliphatic rings. The van der Waals surface area contributed by atoms with Crippen LogP contribution in [0.3, 0.4) is 0 Å². The van der Waals surface area contributed by atoms with E-state index in [0.29, 0.717) is 5.56 Å². The second-order valence-corrected chi connectivity index (χ2v) is 5.21. The van der Waals surface area contributed by atoms with Gasteiger partial charge in [0, 0.05) is 17.5 Å². The molecule has 1 atom stereocenters. The maximum absolute atomic E-state index is 11.5. The van der Waals surface area contributed by atoms with Gasteiger partial charge < -0.3 is 10.0 Å². The van der Waals surface area contributed by atoms with Crippen molar-refractivity contribution in [2.75, 3.05) is 7.05 Å². The Labute approximate surface area is 114 Å². The van der Waals surface area contributed by atoms with E-state index in [1.165, 1.54) is 25.8 Å².